The summed E-state index contributed by atoms with van der Waals surface area (Å²) in [5.74, 6) is 0. The summed E-state index contributed by atoms with van der Waals surface area (Å²) >= 11 is 0. The second-order valence-corrected chi connectivity index (χ2v) is 17.3. The third-order valence-corrected chi connectivity index (χ3v) is 18.7. The van der Waals surface area contributed by atoms with Crippen LogP contribution in [0.3, 0.4) is 0 Å². The van der Waals surface area contributed by atoms with Crippen molar-refractivity contribution in [1.29, 1.82) is 0 Å². The third kappa shape index (κ3) is 2.59. The summed E-state index contributed by atoms with van der Waals surface area (Å²) in [6.07, 6.45) is 6.06. The first kappa shape index (κ1) is 17.8. The Morgan fingerprint density at radius 2 is 0.722 bits per heavy atom. The topological polar surface area (TPSA) is 0 Å². The monoisotopic (exact) mass is 324 g/mol. The van der Waals surface area contributed by atoms with Crippen molar-refractivity contribution in [3.63, 3.8) is 0 Å². The van der Waals surface area contributed by atoms with E-state index in [1.165, 1.54) is 25.7 Å². The highest BCUT2D eigenvalue weighted by molar-refractivity contribution is 7.83. The maximum Gasteiger partial charge on any atom is 0.0229 e. The van der Waals surface area contributed by atoms with Crippen LogP contribution in [0.5, 0.6) is 0 Å². The van der Waals surface area contributed by atoms with Gasteiger partial charge >= 0.3 is 0 Å². The summed E-state index contributed by atoms with van der Waals surface area (Å²) in [7, 11) is 0.664. The van der Waals surface area contributed by atoms with Crippen LogP contribution in [-0.2, 0) is 0 Å². The van der Waals surface area contributed by atoms with Gasteiger partial charge in [0.2, 0.25) is 0 Å². The van der Waals surface area contributed by atoms with E-state index in [4.69, 9.17) is 0 Å². The fourth-order valence-corrected chi connectivity index (χ4v) is 21.2. The molecule has 0 bridgehead atoms. The fraction of sp³-hybridized carbons (Fsp3) is 1.00. The lowest BCUT2D eigenvalue weighted by atomic mass is 9.98. The van der Waals surface area contributed by atoms with Crippen molar-refractivity contribution in [2.45, 2.75) is 35.5 Å². The van der Waals surface area contributed by atoms with Gasteiger partial charge in [0.05, 0.1) is 0 Å². The molecule has 0 amide bonds. The van der Waals surface area contributed by atoms with E-state index in [1.54, 1.807) is 0 Å². The molecule has 1 saturated carbocycles. The molecule has 0 heterocycles. The Morgan fingerprint density at radius 1 is 0.500 bits per heavy atom. The van der Waals surface area contributed by atoms with E-state index in [1.807, 2.05) is 0 Å². The van der Waals surface area contributed by atoms with Gasteiger partial charge < -0.3 is 0 Å². The maximum absolute atomic E-state index is 2.58. The van der Waals surface area contributed by atoms with E-state index in [0.717, 1.165) is 9.79 Å². The van der Waals surface area contributed by atoms with Gasteiger partial charge in [-0.25, -0.2) is 0 Å². The summed E-state index contributed by atoms with van der Waals surface area (Å²) in [6.45, 7) is 20.6. The van der Waals surface area contributed by atoms with E-state index < -0.39 is 0 Å². The summed E-state index contributed by atoms with van der Waals surface area (Å²) in [5, 5.41) is 0. The highest BCUT2D eigenvalue weighted by Gasteiger charge is 2.58. The molecule has 0 saturated heterocycles. The molecule has 18 heavy (non-hydrogen) atoms. The van der Waals surface area contributed by atoms with E-state index in [9.17, 15) is 0 Å². The minimum Gasteiger partial charge on any atom is -0.101 e. The second-order valence-electron chi connectivity index (χ2n) is 6.42. The van der Waals surface area contributed by atoms with E-state index >= 15 is 0 Å². The summed E-state index contributed by atoms with van der Waals surface area (Å²) in [5.41, 5.74) is 0. The van der Waals surface area contributed by atoms with Gasteiger partial charge in [-0.15, -0.1) is 31.7 Å². The molecule has 0 nitrogen and oxygen atoms in total. The van der Waals surface area contributed by atoms with Crippen molar-refractivity contribution < 1.29 is 0 Å². The van der Waals surface area contributed by atoms with Gasteiger partial charge in [-0.2, -0.15) is 0 Å². The van der Waals surface area contributed by atoms with Crippen molar-refractivity contribution in [3.8, 4) is 0 Å². The molecule has 0 spiro atoms. The molecule has 1 fully saturated rings. The molecule has 0 unspecified atom stereocenters. The van der Waals surface area contributed by atoms with Crippen LogP contribution in [0.25, 0.3) is 0 Å². The SMILES string of the molecule is CP(C)C1(P(C)C)CCCCC1(P(C)C)P(C)C. The van der Waals surface area contributed by atoms with Gasteiger partial charge in [0.25, 0.3) is 0 Å². The van der Waals surface area contributed by atoms with Crippen LogP contribution in [0.1, 0.15) is 25.7 Å². The van der Waals surface area contributed by atoms with Crippen molar-refractivity contribution in [2.24, 2.45) is 0 Å². The molecule has 1 aliphatic rings. The van der Waals surface area contributed by atoms with E-state index in [0.29, 0.717) is 0 Å². The van der Waals surface area contributed by atoms with Crippen LogP contribution in [0.4, 0.5) is 0 Å². The molecule has 108 valence electrons. The zero-order valence-electron chi connectivity index (χ0n) is 13.6. The van der Waals surface area contributed by atoms with Crippen LogP contribution >= 0.6 is 31.7 Å². The van der Waals surface area contributed by atoms with E-state index in [-0.39, 0.29) is 31.7 Å². The lowest BCUT2D eigenvalue weighted by Crippen LogP contribution is -2.50. The molecule has 0 aromatic heterocycles. The summed E-state index contributed by atoms with van der Waals surface area (Å²) in [6, 6.07) is 0. The Labute approximate surface area is 120 Å². The quantitative estimate of drug-likeness (QED) is 0.563. The number of hydrogen-bond acceptors (Lipinski definition) is 0. The van der Waals surface area contributed by atoms with Crippen molar-refractivity contribution >= 4 is 31.7 Å². The first-order valence-corrected chi connectivity index (χ1v) is 15.9. The molecule has 0 atom stereocenters. The van der Waals surface area contributed by atoms with E-state index in [2.05, 4.69) is 53.3 Å². The van der Waals surface area contributed by atoms with Crippen molar-refractivity contribution in [3.05, 3.63) is 0 Å². The summed E-state index contributed by atoms with van der Waals surface area (Å²) in [4.78, 5) is 1.45. The average Bonchev–Trinajstić information content (AvgIpc) is 2.27. The highest BCUT2D eigenvalue weighted by Crippen LogP contribution is 2.83. The smallest absolute Gasteiger partial charge is 0.0229 e. The number of hydrogen-bond donors (Lipinski definition) is 0. The van der Waals surface area contributed by atoms with Crippen LogP contribution in [0.15, 0.2) is 0 Å². The maximum atomic E-state index is 2.58. The van der Waals surface area contributed by atoms with Gasteiger partial charge in [-0.3, -0.25) is 0 Å². The first-order chi connectivity index (χ1) is 8.23. The Balaban J connectivity index is 3.41. The van der Waals surface area contributed by atoms with Gasteiger partial charge in [-0.1, -0.05) is 12.8 Å². The predicted molar refractivity (Wildman–Crippen MR) is 99.0 cm³/mol. The predicted octanol–water partition coefficient (Wildman–Crippen LogP) is 5.92. The summed E-state index contributed by atoms with van der Waals surface area (Å²) < 4.78 is 0. The van der Waals surface area contributed by atoms with Crippen LogP contribution < -0.4 is 0 Å². The highest BCUT2D eigenvalue weighted by atomic mass is 31.2. The Kier molecular flexibility index (Phi) is 6.57. The lowest BCUT2D eigenvalue weighted by molar-refractivity contribution is 0.458. The minimum absolute atomic E-state index is 0.166. The second kappa shape index (κ2) is 6.65. The molecule has 0 aliphatic heterocycles. The first-order valence-electron chi connectivity index (χ1n) is 6.93. The lowest BCUT2D eigenvalue weighted by Gasteiger charge is -2.63. The molecule has 0 N–H and O–H groups in total. The van der Waals surface area contributed by atoms with Gasteiger partial charge in [0, 0.05) is 9.79 Å². The molecule has 1 rings (SSSR count). The van der Waals surface area contributed by atoms with Crippen molar-refractivity contribution in [1.82, 2.24) is 0 Å². The molecule has 0 aromatic rings. The largest absolute Gasteiger partial charge is 0.101 e. The Morgan fingerprint density at radius 3 is 0.889 bits per heavy atom. The Hall–Kier alpha value is 1.72. The molecule has 0 radical (unpaired) electrons. The average molecular weight is 324 g/mol. The zero-order valence-corrected chi connectivity index (χ0v) is 17.2. The van der Waals surface area contributed by atoms with Crippen LogP contribution in [-0.4, -0.2) is 63.1 Å². The Bertz CT molecular complexity index is 227. The van der Waals surface area contributed by atoms with Gasteiger partial charge in [0.15, 0.2) is 0 Å². The standard InChI is InChI=1S/C14H32P4/c1-15(2)13(16(3)4)11-9-10-12-14(13,17(5)6)18(7)8/h9-12H2,1-8H3. The van der Waals surface area contributed by atoms with Gasteiger partial charge in [0.1, 0.15) is 0 Å². The van der Waals surface area contributed by atoms with Crippen molar-refractivity contribution in [2.75, 3.05) is 53.3 Å². The zero-order chi connectivity index (χ0) is 14.1. The van der Waals surface area contributed by atoms with Crippen LogP contribution in [0.2, 0.25) is 0 Å². The molecule has 0 aromatic carbocycles. The number of rotatable bonds is 4. The molecular weight excluding hydrogens is 292 g/mol. The minimum atomic E-state index is 0.166. The fourth-order valence-electron chi connectivity index (χ4n) is 4.27. The molecular formula is C14H32P4. The third-order valence-electron chi connectivity index (χ3n) is 4.90. The van der Waals surface area contributed by atoms with Gasteiger partial charge in [-0.05, 0) is 66.2 Å². The molecule has 1 aliphatic carbocycles. The normalized spacial score (nSPS) is 23.3. The van der Waals surface area contributed by atoms with Crippen LogP contribution in [0, 0.1) is 0 Å². The molecule has 4 heteroatoms.